The molecule has 0 saturated carbocycles. The first kappa shape index (κ1) is 24.1. The second-order valence-electron chi connectivity index (χ2n) is 7.64. The largest absolute Gasteiger partial charge is 0.398 e. The molecule has 4 heteroatoms. The summed E-state index contributed by atoms with van der Waals surface area (Å²) in [6.07, 6.45) is 16.9. The number of hydrogen-bond acceptors (Lipinski definition) is 2. The van der Waals surface area contributed by atoms with Gasteiger partial charge in [0, 0.05) is 14.2 Å². The summed E-state index contributed by atoms with van der Waals surface area (Å²) in [5.74, 6) is 0. The molecule has 146 valence electrons. The molecule has 0 aliphatic rings. The van der Waals surface area contributed by atoms with Gasteiger partial charge in [0.25, 0.3) is 0 Å². The van der Waals surface area contributed by atoms with Gasteiger partial charge in [0.2, 0.25) is 0 Å². The summed E-state index contributed by atoms with van der Waals surface area (Å²) >= 11 is 0. The summed E-state index contributed by atoms with van der Waals surface area (Å²) in [6.45, 7) is 7.01. The van der Waals surface area contributed by atoms with E-state index in [1.165, 1.54) is 90.1 Å². The molecular weight excluding hydrogens is 314 g/mol. The molecule has 0 radical (unpaired) electrons. The van der Waals surface area contributed by atoms with E-state index >= 15 is 0 Å². The Morgan fingerprint density at radius 2 is 1.08 bits per heavy atom. The first-order valence-electron chi connectivity index (χ1n) is 10.5. The van der Waals surface area contributed by atoms with Gasteiger partial charge in [-0.05, 0) is 31.9 Å². The zero-order valence-electron chi connectivity index (χ0n) is 17.4. The van der Waals surface area contributed by atoms with Gasteiger partial charge >= 0.3 is 8.56 Å². The van der Waals surface area contributed by atoms with Gasteiger partial charge in [-0.3, -0.25) is 0 Å². The van der Waals surface area contributed by atoms with Crippen LogP contribution in [-0.2, 0) is 8.85 Å². The fraction of sp³-hybridized carbons (Fsp3) is 1.00. The predicted molar refractivity (Wildman–Crippen MR) is 108 cm³/mol. The summed E-state index contributed by atoms with van der Waals surface area (Å²) in [6, 6.07) is 1.11. The van der Waals surface area contributed by atoms with Crippen molar-refractivity contribution in [1.29, 1.82) is 0 Å². The highest BCUT2D eigenvalue weighted by Crippen LogP contribution is 2.13. The van der Waals surface area contributed by atoms with Crippen molar-refractivity contribution in [3.05, 3.63) is 0 Å². The van der Waals surface area contributed by atoms with Crippen LogP contribution in [-0.4, -0.2) is 42.9 Å². The van der Waals surface area contributed by atoms with Crippen molar-refractivity contribution >= 4 is 8.56 Å². The number of rotatable bonds is 18. The minimum atomic E-state index is -1.85. The topological polar surface area (TPSA) is 22.9 Å². The van der Waals surface area contributed by atoms with Crippen LogP contribution in [0, 0.1) is 0 Å². The van der Waals surface area contributed by atoms with Crippen LogP contribution in [0.4, 0.5) is 0 Å². The lowest BCUT2D eigenvalue weighted by Gasteiger charge is -2.23. The lowest BCUT2D eigenvalue weighted by Crippen LogP contribution is -3.09. The van der Waals surface area contributed by atoms with Crippen LogP contribution < -0.4 is 4.90 Å². The van der Waals surface area contributed by atoms with Crippen LogP contribution >= 0.6 is 0 Å². The van der Waals surface area contributed by atoms with Crippen LogP contribution in [0.15, 0.2) is 0 Å². The highest BCUT2D eigenvalue weighted by molar-refractivity contribution is 6.65. The molecule has 0 aromatic rings. The second kappa shape index (κ2) is 16.6. The van der Waals surface area contributed by atoms with Gasteiger partial charge in [-0.1, -0.05) is 64.7 Å². The maximum absolute atomic E-state index is 5.55. The van der Waals surface area contributed by atoms with Crippen molar-refractivity contribution in [3.8, 4) is 0 Å². The van der Waals surface area contributed by atoms with E-state index in [9.17, 15) is 0 Å². The van der Waals surface area contributed by atoms with Crippen molar-refractivity contribution in [2.24, 2.45) is 0 Å². The zero-order valence-corrected chi connectivity index (χ0v) is 18.4. The monoisotopic (exact) mass is 360 g/mol. The summed E-state index contributed by atoms with van der Waals surface area (Å²) in [5, 5.41) is 0. The Balaban J connectivity index is 3.33. The van der Waals surface area contributed by atoms with E-state index < -0.39 is 8.56 Å². The maximum Gasteiger partial charge on any atom is 0.334 e. The molecule has 0 aromatic heterocycles. The van der Waals surface area contributed by atoms with Gasteiger partial charge in [0.15, 0.2) is 0 Å². The van der Waals surface area contributed by atoms with Crippen molar-refractivity contribution < 1.29 is 13.8 Å². The first-order valence-corrected chi connectivity index (χ1v) is 13.0. The summed E-state index contributed by atoms with van der Waals surface area (Å²) in [7, 11) is 4.06. The fourth-order valence-corrected chi connectivity index (χ4v) is 4.61. The number of unbranched alkanes of at least 4 members (excludes halogenated alkanes) is 10. The van der Waals surface area contributed by atoms with Gasteiger partial charge in [0.05, 0.1) is 20.1 Å². The molecular formula is C20H46NO2Si+. The quantitative estimate of drug-likeness (QED) is 0.286. The van der Waals surface area contributed by atoms with Crippen LogP contribution in [0.2, 0.25) is 12.6 Å². The predicted octanol–water partition coefficient (Wildman–Crippen LogP) is 4.57. The minimum absolute atomic E-state index is 1.11. The molecule has 0 heterocycles. The Bertz CT molecular complexity index is 260. The van der Waals surface area contributed by atoms with E-state index in [1.807, 2.05) is 0 Å². The van der Waals surface area contributed by atoms with E-state index in [0.29, 0.717) is 0 Å². The summed E-state index contributed by atoms with van der Waals surface area (Å²) < 4.78 is 11.1. The molecule has 0 fully saturated rings. The van der Waals surface area contributed by atoms with Gasteiger partial charge in [-0.25, -0.2) is 0 Å². The van der Waals surface area contributed by atoms with Crippen molar-refractivity contribution in [1.82, 2.24) is 0 Å². The first-order chi connectivity index (χ1) is 11.6. The highest BCUT2D eigenvalue weighted by atomic mass is 28.4. The summed E-state index contributed by atoms with van der Waals surface area (Å²) in [4.78, 5) is 1.66. The molecule has 1 unspecified atom stereocenters. The molecule has 0 saturated heterocycles. The lowest BCUT2D eigenvalue weighted by molar-refractivity contribution is -0.879. The molecule has 0 amide bonds. The molecule has 0 aliphatic carbocycles. The Hall–Kier alpha value is 0.0969. The summed E-state index contributed by atoms with van der Waals surface area (Å²) in [5.41, 5.74) is 0. The lowest BCUT2D eigenvalue weighted by atomic mass is 10.1. The Morgan fingerprint density at radius 1 is 0.667 bits per heavy atom. The van der Waals surface area contributed by atoms with Gasteiger partial charge in [-0.2, -0.15) is 0 Å². The van der Waals surface area contributed by atoms with E-state index in [4.69, 9.17) is 8.85 Å². The van der Waals surface area contributed by atoms with Crippen LogP contribution in [0.3, 0.4) is 0 Å². The molecule has 3 nitrogen and oxygen atoms in total. The Kier molecular flexibility index (Phi) is 16.6. The van der Waals surface area contributed by atoms with Crippen LogP contribution in [0.25, 0.3) is 0 Å². The smallest absolute Gasteiger partial charge is 0.334 e. The highest BCUT2D eigenvalue weighted by Gasteiger charge is 2.28. The van der Waals surface area contributed by atoms with Crippen molar-refractivity contribution in [3.63, 3.8) is 0 Å². The van der Waals surface area contributed by atoms with Crippen molar-refractivity contribution in [2.45, 2.75) is 96.6 Å². The molecule has 0 aliphatic heterocycles. The normalized spacial score (nSPS) is 13.4. The van der Waals surface area contributed by atoms with Crippen LogP contribution in [0.1, 0.15) is 84.0 Å². The average molecular weight is 361 g/mol. The standard InChI is InChI=1S/C20H45NO2Si/c1-6-7-8-9-10-11-12-13-14-15-16-18-21(2)19-17-20-24(5,22-3)23-4/h6-20H2,1-5H3/p+1. The SMILES string of the molecule is CCCCCCCCCCCCC[NH+](C)CCC[Si](C)(OC)OC. The van der Waals surface area contributed by atoms with E-state index in [1.54, 1.807) is 19.1 Å². The second-order valence-corrected chi connectivity index (χ2v) is 11.2. The van der Waals surface area contributed by atoms with E-state index in [0.717, 1.165) is 6.04 Å². The Labute approximate surface area is 153 Å². The molecule has 1 atom stereocenters. The molecule has 24 heavy (non-hydrogen) atoms. The molecule has 0 spiro atoms. The number of hydrogen-bond donors (Lipinski definition) is 1. The molecule has 0 bridgehead atoms. The van der Waals surface area contributed by atoms with Crippen molar-refractivity contribution in [2.75, 3.05) is 34.4 Å². The van der Waals surface area contributed by atoms with Crippen LogP contribution in [0.5, 0.6) is 0 Å². The number of quaternary nitrogens is 1. The third-order valence-corrected chi connectivity index (χ3v) is 8.29. The molecule has 0 aromatic carbocycles. The van der Waals surface area contributed by atoms with Gasteiger partial charge in [0.1, 0.15) is 0 Å². The maximum atomic E-state index is 5.55. The zero-order chi connectivity index (χ0) is 18.1. The van der Waals surface area contributed by atoms with E-state index in [-0.39, 0.29) is 0 Å². The molecule has 0 rings (SSSR count). The third-order valence-electron chi connectivity index (χ3n) is 5.31. The minimum Gasteiger partial charge on any atom is -0.398 e. The van der Waals surface area contributed by atoms with Gasteiger partial charge < -0.3 is 13.8 Å². The third kappa shape index (κ3) is 14.4. The molecule has 1 N–H and O–H groups in total. The number of nitrogens with one attached hydrogen (secondary N) is 1. The fourth-order valence-electron chi connectivity index (χ4n) is 3.21. The average Bonchev–Trinajstić information content (AvgIpc) is 2.59. The Morgan fingerprint density at radius 3 is 1.54 bits per heavy atom. The van der Waals surface area contributed by atoms with Gasteiger partial charge in [-0.15, -0.1) is 0 Å². The van der Waals surface area contributed by atoms with E-state index in [2.05, 4.69) is 20.5 Å².